The summed E-state index contributed by atoms with van der Waals surface area (Å²) in [5, 5.41) is 0.541. The van der Waals surface area contributed by atoms with Crippen molar-refractivity contribution in [2.24, 2.45) is 0 Å². The van der Waals surface area contributed by atoms with Crippen molar-refractivity contribution in [3.05, 3.63) is 123 Å². The fraction of sp³-hybridized carbons (Fsp3) is 0.118. The van der Waals surface area contributed by atoms with Crippen molar-refractivity contribution in [1.82, 2.24) is 9.55 Å². The van der Waals surface area contributed by atoms with Crippen LogP contribution < -0.4 is 19.8 Å². The van der Waals surface area contributed by atoms with Gasteiger partial charge in [0.1, 0.15) is 5.82 Å². The SMILES string of the molecule is COc1cc(C=Cc2nc3ccccc3c(=O)n2-c2ccc(C#Cc3ccccc3)cc2C)cc(OC)c1OC. The lowest BCUT2D eigenvalue weighted by molar-refractivity contribution is 0.324. The third kappa shape index (κ3) is 5.31. The fourth-order valence-corrected chi connectivity index (χ4v) is 4.51. The standard InChI is InChI=1S/C34H28N2O4/c1-23-20-25(15-14-24-10-6-5-7-11-24)16-18-29(23)36-32(35-28-13-9-8-12-27(28)34(36)37)19-17-26-21-30(38-2)33(40-4)31(22-26)39-3/h5-13,16-22H,1-4H3. The summed E-state index contributed by atoms with van der Waals surface area (Å²) in [6.45, 7) is 1.97. The van der Waals surface area contributed by atoms with Gasteiger partial charge in [-0.3, -0.25) is 9.36 Å². The van der Waals surface area contributed by atoms with Crippen molar-refractivity contribution < 1.29 is 14.2 Å². The van der Waals surface area contributed by atoms with E-state index >= 15 is 0 Å². The molecule has 0 fully saturated rings. The Balaban J connectivity index is 1.62. The molecule has 0 radical (unpaired) electrons. The summed E-state index contributed by atoms with van der Waals surface area (Å²) in [5.74, 6) is 8.47. The maximum absolute atomic E-state index is 13.8. The Kier molecular flexibility index (Phi) is 7.65. The molecule has 0 amide bonds. The van der Waals surface area contributed by atoms with Gasteiger partial charge in [-0.15, -0.1) is 0 Å². The number of nitrogens with zero attached hydrogens (tertiary/aromatic N) is 2. The van der Waals surface area contributed by atoms with Crippen molar-refractivity contribution >= 4 is 23.1 Å². The Bertz CT molecular complexity index is 1820. The minimum Gasteiger partial charge on any atom is -0.493 e. The van der Waals surface area contributed by atoms with Gasteiger partial charge in [-0.05, 0) is 78.7 Å². The quantitative estimate of drug-likeness (QED) is 0.243. The van der Waals surface area contributed by atoms with Crippen molar-refractivity contribution in [2.45, 2.75) is 6.92 Å². The maximum atomic E-state index is 13.8. The summed E-state index contributed by atoms with van der Waals surface area (Å²) >= 11 is 0. The highest BCUT2D eigenvalue weighted by Gasteiger charge is 2.15. The van der Waals surface area contributed by atoms with E-state index in [9.17, 15) is 4.79 Å². The second-order valence-electron chi connectivity index (χ2n) is 9.04. The summed E-state index contributed by atoms with van der Waals surface area (Å²) in [7, 11) is 4.71. The zero-order valence-electron chi connectivity index (χ0n) is 22.8. The third-order valence-electron chi connectivity index (χ3n) is 6.48. The average Bonchev–Trinajstić information content (AvgIpc) is 2.99. The van der Waals surface area contributed by atoms with E-state index in [1.807, 2.05) is 97.9 Å². The highest BCUT2D eigenvalue weighted by molar-refractivity contribution is 5.80. The number of hydrogen-bond donors (Lipinski definition) is 0. The molecule has 0 spiro atoms. The van der Waals surface area contributed by atoms with E-state index in [1.165, 1.54) is 0 Å². The van der Waals surface area contributed by atoms with E-state index in [4.69, 9.17) is 19.2 Å². The van der Waals surface area contributed by atoms with E-state index in [-0.39, 0.29) is 5.56 Å². The third-order valence-corrected chi connectivity index (χ3v) is 6.48. The molecular weight excluding hydrogens is 500 g/mol. The summed E-state index contributed by atoms with van der Waals surface area (Å²) in [6.07, 6.45) is 3.68. The Morgan fingerprint density at radius 2 is 1.43 bits per heavy atom. The minimum atomic E-state index is -0.152. The maximum Gasteiger partial charge on any atom is 0.266 e. The number of hydrogen-bond acceptors (Lipinski definition) is 5. The van der Waals surface area contributed by atoms with E-state index in [0.717, 1.165) is 27.9 Å². The second-order valence-corrected chi connectivity index (χ2v) is 9.04. The van der Waals surface area contributed by atoms with Gasteiger partial charge in [-0.1, -0.05) is 48.2 Å². The molecule has 40 heavy (non-hydrogen) atoms. The molecule has 0 saturated heterocycles. The summed E-state index contributed by atoms with van der Waals surface area (Å²) in [4.78, 5) is 18.6. The largest absolute Gasteiger partial charge is 0.493 e. The number of ether oxygens (including phenoxy) is 3. The number of methoxy groups -OCH3 is 3. The molecule has 0 aliphatic carbocycles. The molecule has 6 nitrogen and oxygen atoms in total. The molecule has 0 N–H and O–H groups in total. The monoisotopic (exact) mass is 528 g/mol. The predicted molar refractivity (Wildman–Crippen MR) is 160 cm³/mol. The van der Waals surface area contributed by atoms with Crippen molar-refractivity contribution in [1.29, 1.82) is 0 Å². The molecule has 4 aromatic carbocycles. The van der Waals surface area contributed by atoms with Gasteiger partial charge in [-0.2, -0.15) is 0 Å². The van der Waals surface area contributed by atoms with Crippen molar-refractivity contribution in [2.75, 3.05) is 21.3 Å². The van der Waals surface area contributed by atoms with E-state index in [2.05, 4.69) is 11.8 Å². The van der Waals surface area contributed by atoms with Gasteiger partial charge in [0.15, 0.2) is 11.5 Å². The van der Waals surface area contributed by atoms with Gasteiger partial charge in [0.2, 0.25) is 5.75 Å². The smallest absolute Gasteiger partial charge is 0.266 e. The number of aromatic nitrogens is 2. The van der Waals surface area contributed by atoms with Gasteiger partial charge in [-0.25, -0.2) is 4.98 Å². The molecule has 1 heterocycles. The highest BCUT2D eigenvalue weighted by Crippen LogP contribution is 2.38. The van der Waals surface area contributed by atoms with Crippen molar-refractivity contribution in [3.8, 4) is 34.8 Å². The van der Waals surface area contributed by atoms with Crippen LogP contribution in [0.3, 0.4) is 0 Å². The van der Waals surface area contributed by atoms with Crippen LogP contribution in [0.2, 0.25) is 0 Å². The Morgan fingerprint density at radius 3 is 2.10 bits per heavy atom. The lowest BCUT2D eigenvalue weighted by atomic mass is 10.1. The molecule has 0 unspecified atom stereocenters. The van der Waals surface area contributed by atoms with Crippen LogP contribution in [-0.4, -0.2) is 30.9 Å². The fourth-order valence-electron chi connectivity index (χ4n) is 4.51. The molecule has 0 atom stereocenters. The normalized spacial score (nSPS) is 10.8. The highest BCUT2D eigenvalue weighted by atomic mass is 16.5. The minimum absolute atomic E-state index is 0.152. The number of para-hydroxylation sites is 1. The molecule has 198 valence electrons. The molecule has 0 aliphatic rings. The Labute approximate surface area is 233 Å². The zero-order chi connectivity index (χ0) is 28.1. The molecule has 0 saturated carbocycles. The molecular formula is C34H28N2O4. The van der Waals surface area contributed by atoms with Crippen LogP contribution in [0, 0.1) is 18.8 Å². The number of aryl methyl sites for hydroxylation is 1. The first kappa shape index (κ1) is 26.3. The van der Waals surface area contributed by atoms with E-state index < -0.39 is 0 Å². The van der Waals surface area contributed by atoms with Gasteiger partial charge in [0.25, 0.3) is 5.56 Å². The summed E-state index contributed by atoms with van der Waals surface area (Å²) < 4.78 is 18.1. The average molecular weight is 529 g/mol. The van der Waals surface area contributed by atoms with Gasteiger partial charge >= 0.3 is 0 Å². The first-order valence-electron chi connectivity index (χ1n) is 12.7. The van der Waals surface area contributed by atoms with Gasteiger partial charge in [0.05, 0.1) is 37.9 Å². The Morgan fingerprint density at radius 1 is 0.750 bits per heavy atom. The number of fused-ring (bicyclic) bond motifs is 1. The number of rotatable bonds is 6. The number of benzene rings is 4. The topological polar surface area (TPSA) is 62.6 Å². The summed E-state index contributed by atoms with van der Waals surface area (Å²) in [6, 6.07) is 26.7. The van der Waals surface area contributed by atoms with Crippen LogP contribution in [-0.2, 0) is 0 Å². The molecule has 0 bridgehead atoms. The summed E-state index contributed by atoms with van der Waals surface area (Å²) in [5.41, 5.74) is 4.71. The van der Waals surface area contributed by atoms with Gasteiger partial charge in [0, 0.05) is 11.1 Å². The van der Waals surface area contributed by atoms with E-state index in [1.54, 1.807) is 32.0 Å². The lowest BCUT2D eigenvalue weighted by Gasteiger charge is -2.15. The first-order valence-corrected chi connectivity index (χ1v) is 12.7. The van der Waals surface area contributed by atoms with E-state index in [0.29, 0.717) is 34.0 Å². The van der Waals surface area contributed by atoms with Crippen molar-refractivity contribution in [3.63, 3.8) is 0 Å². The molecule has 6 heteroatoms. The molecule has 5 aromatic rings. The van der Waals surface area contributed by atoms with Crippen LogP contribution >= 0.6 is 0 Å². The van der Waals surface area contributed by atoms with Crippen LogP contribution in [0.25, 0.3) is 28.7 Å². The van der Waals surface area contributed by atoms with Gasteiger partial charge < -0.3 is 14.2 Å². The lowest BCUT2D eigenvalue weighted by Crippen LogP contribution is -2.23. The second kappa shape index (κ2) is 11.6. The molecule has 5 rings (SSSR count). The molecule has 0 aliphatic heterocycles. The van der Waals surface area contributed by atoms with Crippen LogP contribution in [0.5, 0.6) is 17.2 Å². The predicted octanol–water partition coefficient (Wildman–Crippen LogP) is 6.29. The zero-order valence-corrected chi connectivity index (χ0v) is 22.8. The molecule has 1 aromatic heterocycles. The van der Waals surface area contributed by atoms with Crippen LogP contribution in [0.15, 0.2) is 89.7 Å². The van der Waals surface area contributed by atoms with Crippen LogP contribution in [0.4, 0.5) is 0 Å². The first-order chi connectivity index (χ1) is 19.5. The van der Waals surface area contributed by atoms with Crippen LogP contribution in [0.1, 0.15) is 28.1 Å². The Hall–Kier alpha value is -5.28.